The lowest BCUT2D eigenvalue weighted by atomic mass is 10.2. The number of amides is 1. The van der Waals surface area contributed by atoms with Gasteiger partial charge in [0.1, 0.15) is 11.5 Å². The number of fused-ring (bicyclic) bond motifs is 1. The maximum Gasteiger partial charge on any atom is 0.248 e. The molecule has 1 N–H and O–H groups in total. The van der Waals surface area contributed by atoms with E-state index in [1.165, 1.54) is 20.3 Å². The number of carbonyl (C=O) groups is 1. The van der Waals surface area contributed by atoms with Gasteiger partial charge in [0.25, 0.3) is 0 Å². The summed E-state index contributed by atoms with van der Waals surface area (Å²) in [5, 5.41) is 3.10. The van der Waals surface area contributed by atoms with E-state index in [1.807, 2.05) is 6.07 Å². The van der Waals surface area contributed by atoms with Crippen molar-refractivity contribution in [3.05, 3.63) is 47.0 Å². The Bertz CT molecular complexity index is 834. The summed E-state index contributed by atoms with van der Waals surface area (Å²) in [6.07, 6.45) is 3.09. The Morgan fingerprint density at radius 2 is 1.88 bits per heavy atom. The van der Waals surface area contributed by atoms with Crippen molar-refractivity contribution in [1.29, 1.82) is 0 Å². The highest BCUT2D eigenvalue weighted by Gasteiger charge is 2.13. The minimum atomic E-state index is -0.322. The average Bonchev–Trinajstić information content (AvgIpc) is 3.08. The van der Waals surface area contributed by atoms with Gasteiger partial charge >= 0.3 is 0 Å². The second-order valence-corrected chi connectivity index (χ2v) is 5.53. The summed E-state index contributed by atoms with van der Waals surface area (Å²) >= 11 is 6.09. The van der Waals surface area contributed by atoms with Crippen molar-refractivity contribution in [2.45, 2.75) is 0 Å². The molecule has 6 nitrogen and oxygen atoms in total. The van der Waals surface area contributed by atoms with Crippen LogP contribution in [0.2, 0.25) is 5.02 Å². The van der Waals surface area contributed by atoms with Crippen LogP contribution in [0.1, 0.15) is 5.56 Å². The number of benzene rings is 2. The number of rotatable bonds is 5. The Labute approximate surface area is 149 Å². The van der Waals surface area contributed by atoms with Crippen LogP contribution in [0.5, 0.6) is 23.0 Å². The fourth-order valence-corrected chi connectivity index (χ4v) is 2.56. The molecule has 0 atom stereocenters. The van der Waals surface area contributed by atoms with E-state index in [0.29, 0.717) is 33.7 Å². The summed E-state index contributed by atoms with van der Waals surface area (Å²) in [5.41, 5.74) is 1.27. The second-order valence-electron chi connectivity index (χ2n) is 5.12. The predicted octanol–water partition coefficient (Wildman–Crippen LogP) is 3.74. The third kappa shape index (κ3) is 3.80. The van der Waals surface area contributed by atoms with Crippen LogP contribution in [-0.4, -0.2) is 26.9 Å². The summed E-state index contributed by atoms with van der Waals surface area (Å²) < 4.78 is 20.9. The number of hydrogen-bond donors (Lipinski definition) is 1. The monoisotopic (exact) mass is 361 g/mol. The summed E-state index contributed by atoms with van der Waals surface area (Å²) in [7, 11) is 3.01. The first-order valence-electron chi connectivity index (χ1n) is 7.41. The Hall–Kier alpha value is -2.86. The predicted molar refractivity (Wildman–Crippen MR) is 94.8 cm³/mol. The Kier molecular flexibility index (Phi) is 5.00. The molecule has 0 radical (unpaired) electrons. The lowest BCUT2D eigenvalue weighted by Crippen LogP contribution is -2.09. The zero-order valence-electron chi connectivity index (χ0n) is 13.7. The molecule has 7 heteroatoms. The second kappa shape index (κ2) is 7.36. The fourth-order valence-electron chi connectivity index (χ4n) is 2.32. The standard InChI is InChI=1S/C18H16ClNO5/c1-22-15-9-16(23-2)13(8-12(15)19)20-18(21)6-4-11-3-5-14-17(7-11)25-10-24-14/h3-9H,10H2,1-2H3,(H,20,21). The minimum absolute atomic E-state index is 0.209. The molecular weight excluding hydrogens is 346 g/mol. The van der Waals surface area contributed by atoms with Crippen LogP contribution in [0.4, 0.5) is 5.69 Å². The zero-order valence-corrected chi connectivity index (χ0v) is 14.4. The topological polar surface area (TPSA) is 66.0 Å². The summed E-state index contributed by atoms with van der Waals surface area (Å²) in [4.78, 5) is 12.2. The molecule has 0 spiro atoms. The van der Waals surface area contributed by atoms with Crippen LogP contribution in [0.15, 0.2) is 36.4 Å². The highest BCUT2D eigenvalue weighted by Crippen LogP contribution is 2.36. The maximum atomic E-state index is 12.2. The lowest BCUT2D eigenvalue weighted by molar-refractivity contribution is -0.111. The van der Waals surface area contributed by atoms with E-state index in [2.05, 4.69) is 5.32 Å². The number of anilines is 1. The van der Waals surface area contributed by atoms with Gasteiger partial charge in [-0.25, -0.2) is 0 Å². The van der Waals surface area contributed by atoms with Gasteiger partial charge < -0.3 is 24.3 Å². The lowest BCUT2D eigenvalue weighted by Gasteiger charge is -2.12. The molecule has 0 fully saturated rings. The van der Waals surface area contributed by atoms with Gasteiger partial charge in [0.05, 0.1) is 24.9 Å². The van der Waals surface area contributed by atoms with Gasteiger partial charge in [-0.1, -0.05) is 17.7 Å². The SMILES string of the molecule is COc1cc(OC)c(NC(=O)C=Cc2ccc3c(c2)OCO3)cc1Cl. The van der Waals surface area contributed by atoms with Gasteiger partial charge in [-0.3, -0.25) is 4.79 Å². The smallest absolute Gasteiger partial charge is 0.248 e. The van der Waals surface area contributed by atoms with Crippen LogP contribution < -0.4 is 24.3 Å². The highest BCUT2D eigenvalue weighted by atomic mass is 35.5. The van der Waals surface area contributed by atoms with Gasteiger partial charge in [0.2, 0.25) is 12.7 Å². The molecule has 130 valence electrons. The van der Waals surface area contributed by atoms with E-state index in [1.54, 1.807) is 30.3 Å². The van der Waals surface area contributed by atoms with Crippen molar-refractivity contribution in [2.75, 3.05) is 26.3 Å². The van der Waals surface area contributed by atoms with Crippen molar-refractivity contribution < 1.29 is 23.7 Å². The number of halogens is 1. The van der Waals surface area contributed by atoms with E-state index >= 15 is 0 Å². The van der Waals surface area contributed by atoms with Gasteiger partial charge in [0.15, 0.2) is 11.5 Å². The molecule has 25 heavy (non-hydrogen) atoms. The van der Waals surface area contributed by atoms with Crippen LogP contribution in [0.25, 0.3) is 6.08 Å². The number of ether oxygens (including phenoxy) is 4. The molecule has 0 unspecified atom stereocenters. The molecule has 0 aromatic heterocycles. The van der Waals surface area contributed by atoms with E-state index in [9.17, 15) is 4.79 Å². The maximum absolute atomic E-state index is 12.2. The van der Waals surface area contributed by atoms with Gasteiger partial charge in [-0.2, -0.15) is 0 Å². The molecular formula is C18H16ClNO5. The summed E-state index contributed by atoms with van der Waals surface area (Å²) in [6.45, 7) is 0.209. The first kappa shape index (κ1) is 17.0. The van der Waals surface area contributed by atoms with E-state index in [4.69, 9.17) is 30.5 Å². The number of methoxy groups -OCH3 is 2. The fraction of sp³-hybridized carbons (Fsp3) is 0.167. The molecule has 1 amide bonds. The molecule has 2 aromatic rings. The molecule has 3 rings (SSSR count). The first-order chi connectivity index (χ1) is 12.1. The van der Waals surface area contributed by atoms with Gasteiger partial charge in [-0.05, 0) is 29.8 Å². The third-order valence-corrected chi connectivity index (χ3v) is 3.85. The Balaban J connectivity index is 1.73. The van der Waals surface area contributed by atoms with Crippen LogP contribution in [0.3, 0.4) is 0 Å². The quantitative estimate of drug-likeness (QED) is 0.822. The molecule has 0 aliphatic carbocycles. The van der Waals surface area contributed by atoms with Crippen molar-refractivity contribution in [3.8, 4) is 23.0 Å². The number of carbonyl (C=O) groups excluding carboxylic acids is 1. The van der Waals surface area contributed by atoms with Crippen LogP contribution >= 0.6 is 11.6 Å². The molecule has 0 bridgehead atoms. The summed E-state index contributed by atoms with van der Waals surface area (Å²) in [6, 6.07) is 8.62. The van der Waals surface area contributed by atoms with Crippen molar-refractivity contribution >= 4 is 29.3 Å². The third-order valence-electron chi connectivity index (χ3n) is 3.56. The van der Waals surface area contributed by atoms with Crippen molar-refractivity contribution in [2.24, 2.45) is 0 Å². The van der Waals surface area contributed by atoms with E-state index in [0.717, 1.165) is 5.56 Å². The number of hydrogen-bond acceptors (Lipinski definition) is 5. The Morgan fingerprint density at radius 3 is 2.64 bits per heavy atom. The number of nitrogens with one attached hydrogen (secondary N) is 1. The average molecular weight is 362 g/mol. The molecule has 2 aromatic carbocycles. The largest absolute Gasteiger partial charge is 0.495 e. The van der Waals surface area contributed by atoms with Crippen molar-refractivity contribution in [1.82, 2.24) is 0 Å². The van der Waals surface area contributed by atoms with Crippen molar-refractivity contribution in [3.63, 3.8) is 0 Å². The normalized spacial score (nSPS) is 12.3. The van der Waals surface area contributed by atoms with Gasteiger partial charge in [-0.15, -0.1) is 0 Å². The molecule has 1 aliphatic heterocycles. The molecule has 1 aliphatic rings. The van der Waals surface area contributed by atoms with Crippen LogP contribution in [0, 0.1) is 0 Å². The molecule has 0 saturated carbocycles. The zero-order chi connectivity index (χ0) is 17.8. The van der Waals surface area contributed by atoms with E-state index < -0.39 is 0 Å². The summed E-state index contributed by atoms with van der Waals surface area (Å²) in [5.74, 6) is 1.95. The minimum Gasteiger partial charge on any atom is -0.495 e. The molecule has 0 saturated heterocycles. The van der Waals surface area contributed by atoms with Gasteiger partial charge in [0, 0.05) is 12.1 Å². The molecule has 1 heterocycles. The first-order valence-corrected chi connectivity index (χ1v) is 7.78. The highest BCUT2D eigenvalue weighted by molar-refractivity contribution is 6.32. The van der Waals surface area contributed by atoms with Crippen LogP contribution in [-0.2, 0) is 4.79 Å². The van der Waals surface area contributed by atoms with E-state index in [-0.39, 0.29) is 12.7 Å². The Morgan fingerprint density at radius 1 is 1.12 bits per heavy atom.